The van der Waals surface area contributed by atoms with E-state index in [0.717, 1.165) is 0 Å². The molecule has 2 aromatic heterocycles. The van der Waals surface area contributed by atoms with Crippen molar-refractivity contribution in [2.45, 2.75) is 36.1 Å². The van der Waals surface area contributed by atoms with E-state index in [9.17, 15) is 13.2 Å². The highest BCUT2D eigenvalue weighted by atomic mass is 32.2. The molecule has 0 spiro atoms. The molecular weight excluding hydrogens is 374 g/mol. The van der Waals surface area contributed by atoms with E-state index < -0.39 is 15.3 Å². The van der Waals surface area contributed by atoms with Crippen LogP contribution < -0.4 is 5.32 Å². The van der Waals surface area contributed by atoms with Crippen LogP contribution in [0.4, 0.5) is 0 Å². The van der Waals surface area contributed by atoms with Gasteiger partial charge in [-0.2, -0.15) is 4.31 Å². The second-order valence-electron chi connectivity index (χ2n) is 5.46. The van der Waals surface area contributed by atoms with Crippen molar-refractivity contribution < 1.29 is 13.2 Å². The molecule has 1 atom stereocenters. The van der Waals surface area contributed by atoms with Gasteiger partial charge in [-0.1, -0.05) is 31.7 Å². The number of nitrogens with one attached hydrogen (secondary N) is 1. The first-order valence-corrected chi connectivity index (χ1v) is 10.6. The first-order chi connectivity index (χ1) is 12.3. The van der Waals surface area contributed by atoms with Gasteiger partial charge in [-0.05, 0) is 19.1 Å². The van der Waals surface area contributed by atoms with E-state index in [4.69, 9.17) is 0 Å². The Labute approximate surface area is 157 Å². The highest BCUT2D eigenvalue weighted by Gasteiger charge is 2.23. The van der Waals surface area contributed by atoms with Crippen LogP contribution in [0, 0.1) is 0 Å². The summed E-state index contributed by atoms with van der Waals surface area (Å²) in [6.07, 6.45) is 3.10. The molecule has 0 saturated carbocycles. The summed E-state index contributed by atoms with van der Waals surface area (Å²) in [5, 5.41) is 10.9. The molecule has 2 heterocycles. The van der Waals surface area contributed by atoms with Crippen molar-refractivity contribution in [3.8, 4) is 0 Å². The van der Waals surface area contributed by atoms with E-state index in [1.54, 1.807) is 37.3 Å². The molecule has 26 heavy (non-hydrogen) atoms. The highest BCUT2D eigenvalue weighted by Crippen LogP contribution is 2.24. The molecule has 1 amide bonds. The van der Waals surface area contributed by atoms with Crippen LogP contribution in [0.5, 0.6) is 0 Å². The predicted octanol–water partition coefficient (Wildman–Crippen LogP) is 1.54. The van der Waals surface area contributed by atoms with Crippen LogP contribution in [0.25, 0.3) is 5.65 Å². The number of sulfonamides is 1. The van der Waals surface area contributed by atoms with Gasteiger partial charge in [-0.3, -0.25) is 9.20 Å². The Morgan fingerprint density at radius 1 is 1.38 bits per heavy atom. The van der Waals surface area contributed by atoms with E-state index in [1.165, 1.54) is 28.3 Å². The topological polar surface area (TPSA) is 96.7 Å². The largest absolute Gasteiger partial charge is 0.352 e. The molecule has 2 rings (SSSR count). The van der Waals surface area contributed by atoms with Crippen molar-refractivity contribution in [2.75, 3.05) is 19.6 Å². The van der Waals surface area contributed by atoms with Crippen LogP contribution in [0.15, 0.2) is 41.0 Å². The van der Waals surface area contributed by atoms with E-state index in [2.05, 4.69) is 22.1 Å². The zero-order valence-electron chi connectivity index (χ0n) is 15.0. The molecule has 1 N–H and O–H groups in total. The summed E-state index contributed by atoms with van der Waals surface area (Å²) in [5.41, 5.74) is 0.518. The van der Waals surface area contributed by atoms with Crippen LogP contribution in [-0.2, 0) is 14.8 Å². The molecule has 8 nitrogen and oxygen atoms in total. The molecule has 10 heteroatoms. The number of nitrogens with zero attached hydrogens (tertiary/aromatic N) is 4. The minimum Gasteiger partial charge on any atom is -0.352 e. The molecule has 0 aliphatic rings. The maximum atomic E-state index is 12.7. The van der Waals surface area contributed by atoms with Gasteiger partial charge in [-0.15, -0.1) is 16.8 Å². The predicted molar refractivity (Wildman–Crippen MR) is 102 cm³/mol. The molecule has 0 saturated heterocycles. The second-order valence-corrected chi connectivity index (χ2v) is 8.70. The van der Waals surface area contributed by atoms with E-state index in [0.29, 0.717) is 30.4 Å². The van der Waals surface area contributed by atoms with Crippen molar-refractivity contribution in [3.63, 3.8) is 0 Å². The van der Waals surface area contributed by atoms with Gasteiger partial charge in [0.1, 0.15) is 0 Å². The number of aromatic nitrogens is 3. The van der Waals surface area contributed by atoms with Gasteiger partial charge < -0.3 is 5.32 Å². The Hall–Kier alpha value is -1.91. The first-order valence-electron chi connectivity index (χ1n) is 8.25. The van der Waals surface area contributed by atoms with Crippen molar-refractivity contribution in [2.24, 2.45) is 0 Å². The van der Waals surface area contributed by atoms with Crippen LogP contribution in [-0.4, -0.2) is 58.1 Å². The highest BCUT2D eigenvalue weighted by molar-refractivity contribution is 8.00. The Morgan fingerprint density at radius 3 is 2.69 bits per heavy atom. The van der Waals surface area contributed by atoms with Crippen molar-refractivity contribution in [1.82, 2.24) is 24.2 Å². The monoisotopic (exact) mass is 397 g/mol. The Kier molecular flexibility index (Phi) is 6.79. The summed E-state index contributed by atoms with van der Waals surface area (Å²) < 4.78 is 28.4. The van der Waals surface area contributed by atoms with Gasteiger partial charge >= 0.3 is 0 Å². The fraction of sp³-hybridized carbons (Fsp3) is 0.438. The molecule has 0 radical (unpaired) electrons. The minimum absolute atomic E-state index is 0.154. The standard InChI is InChI=1S/C16H23N5O3S2/c1-5-10-17-15(22)12(4)25-16-19-18-14-9-8-13(11-21(14)16)26(23,24)20(6-2)7-3/h5,8-9,11-12H,1,6-7,10H2,2-4H3,(H,17,22). The van der Waals surface area contributed by atoms with E-state index >= 15 is 0 Å². The Bertz CT molecular complexity index is 890. The number of fused-ring (bicyclic) bond motifs is 1. The number of amides is 1. The number of rotatable bonds is 9. The van der Waals surface area contributed by atoms with Crippen LogP contribution >= 0.6 is 11.8 Å². The molecule has 0 aromatic carbocycles. The molecule has 0 aliphatic carbocycles. The lowest BCUT2D eigenvalue weighted by Gasteiger charge is -2.18. The number of hydrogen-bond donors (Lipinski definition) is 1. The average molecular weight is 398 g/mol. The number of pyridine rings is 1. The molecule has 0 aliphatic heterocycles. The Balaban J connectivity index is 2.33. The molecular formula is C16H23N5O3S2. The summed E-state index contributed by atoms with van der Waals surface area (Å²) in [6, 6.07) is 3.13. The summed E-state index contributed by atoms with van der Waals surface area (Å²) in [6.45, 7) is 10.1. The lowest BCUT2D eigenvalue weighted by atomic mass is 10.4. The molecule has 0 bridgehead atoms. The fourth-order valence-corrected chi connectivity index (χ4v) is 4.63. The van der Waals surface area contributed by atoms with Gasteiger partial charge in [0.25, 0.3) is 0 Å². The number of thioether (sulfide) groups is 1. The van der Waals surface area contributed by atoms with E-state index in [-0.39, 0.29) is 10.8 Å². The lowest BCUT2D eigenvalue weighted by Crippen LogP contribution is -2.31. The molecule has 1 unspecified atom stereocenters. The maximum Gasteiger partial charge on any atom is 0.244 e. The van der Waals surface area contributed by atoms with Crippen molar-refractivity contribution in [1.29, 1.82) is 0 Å². The van der Waals surface area contributed by atoms with Crippen molar-refractivity contribution >= 4 is 33.3 Å². The Morgan fingerprint density at radius 2 is 2.08 bits per heavy atom. The lowest BCUT2D eigenvalue weighted by molar-refractivity contribution is -0.120. The van der Waals surface area contributed by atoms with Crippen LogP contribution in [0.3, 0.4) is 0 Å². The summed E-state index contributed by atoms with van der Waals surface area (Å²) in [5.74, 6) is -0.154. The second kappa shape index (κ2) is 8.65. The van der Waals surface area contributed by atoms with Crippen molar-refractivity contribution in [3.05, 3.63) is 31.0 Å². The molecule has 142 valence electrons. The maximum absolute atomic E-state index is 12.7. The van der Waals surface area contributed by atoms with E-state index in [1.807, 2.05) is 0 Å². The van der Waals surface area contributed by atoms with Gasteiger partial charge in [0.15, 0.2) is 10.8 Å². The summed E-state index contributed by atoms with van der Waals surface area (Å²) in [7, 11) is -3.59. The smallest absolute Gasteiger partial charge is 0.244 e. The fourth-order valence-electron chi connectivity index (χ4n) is 2.32. The quantitative estimate of drug-likeness (QED) is 0.509. The van der Waals surface area contributed by atoms with Gasteiger partial charge in [0, 0.05) is 25.8 Å². The van der Waals surface area contributed by atoms with Crippen LogP contribution in [0.2, 0.25) is 0 Å². The third kappa shape index (κ3) is 4.25. The minimum atomic E-state index is -3.59. The zero-order valence-corrected chi connectivity index (χ0v) is 16.7. The average Bonchev–Trinajstić information content (AvgIpc) is 3.02. The molecule has 2 aromatic rings. The van der Waals surface area contributed by atoms with Gasteiger partial charge in [-0.25, -0.2) is 8.42 Å². The van der Waals surface area contributed by atoms with Crippen LogP contribution in [0.1, 0.15) is 20.8 Å². The van der Waals surface area contributed by atoms with Gasteiger partial charge in [0.05, 0.1) is 10.1 Å². The zero-order chi connectivity index (χ0) is 19.3. The SMILES string of the molecule is C=CCNC(=O)C(C)Sc1nnc2ccc(S(=O)(=O)N(CC)CC)cn12. The summed E-state index contributed by atoms with van der Waals surface area (Å²) in [4.78, 5) is 12.2. The summed E-state index contributed by atoms with van der Waals surface area (Å²) >= 11 is 1.21. The third-order valence-electron chi connectivity index (χ3n) is 3.76. The van der Waals surface area contributed by atoms with Gasteiger partial charge in [0.2, 0.25) is 15.9 Å². The molecule has 0 fully saturated rings. The first kappa shape index (κ1) is 20.4. The number of hydrogen-bond acceptors (Lipinski definition) is 6. The number of carbonyl (C=O) groups is 1. The number of carbonyl (C=O) groups excluding carboxylic acids is 1. The third-order valence-corrected chi connectivity index (χ3v) is 6.85. The normalized spacial score (nSPS) is 13.1.